The molecule has 0 N–H and O–H groups in total. The van der Waals surface area contributed by atoms with Gasteiger partial charge in [0.2, 0.25) is 11.8 Å². The maximum atomic E-state index is 13.1. The van der Waals surface area contributed by atoms with Crippen molar-refractivity contribution in [1.82, 2.24) is 4.57 Å². The van der Waals surface area contributed by atoms with Crippen LogP contribution in [0, 0.1) is 5.92 Å². The first-order chi connectivity index (χ1) is 12.2. The lowest BCUT2D eigenvalue weighted by Gasteiger charge is -2.16. The lowest BCUT2D eigenvalue weighted by atomic mass is 9.93. The monoisotopic (exact) mass is 330 g/mol. The number of rotatable bonds is 2. The molecule has 2 aliphatic heterocycles. The van der Waals surface area contributed by atoms with Gasteiger partial charge in [0.25, 0.3) is 0 Å². The highest BCUT2D eigenvalue weighted by Gasteiger charge is 2.54. The molecule has 122 valence electrons. The van der Waals surface area contributed by atoms with Crippen LogP contribution >= 0.6 is 0 Å². The Kier molecular flexibility index (Phi) is 2.77. The summed E-state index contributed by atoms with van der Waals surface area (Å²) in [7, 11) is 0. The summed E-state index contributed by atoms with van der Waals surface area (Å²) in [4.78, 5) is 39.0. The second kappa shape index (κ2) is 4.89. The van der Waals surface area contributed by atoms with Gasteiger partial charge < -0.3 is 4.57 Å². The zero-order valence-corrected chi connectivity index (χ0v) is 13.3. The van der Waals surface area contributed by atoms with Crippen molar-refractivity contribution < 1.29 is 14.4 Å². The molecule has 5 heteroatoms. The van der Waals surface area contributed by atoms with Crippen molar-refractivity contribution in [3.8, 4) is 0 Å². The summed E-state index contributed by atoms with van der Waals surface area (Å²) < 4.78 is 1.96. The number of para-hydroxylation sites is 2. The highest BCUT2D eigenvalue weighted by Crippen LogP contribution is 2.47. The molecule has 0 unspecified atom stereocenters. The average Bonchev–Trinajstić information content (AvgIpc) is 3.24. The average molecular weight is 330 g/mol. The minimum absolute atomic E-state index is 0.189. The first-order valence-corrected chi connectivity index (χ1v) is 8.21. The lowest BCUT2D eigenvalue weighted by molar-refractivity contribution is -0.122. The number of hydrogen-bond donors (Lipinski definition) is 0. The van der Waals surface area contributed by atoms with Crippen LogP contribution < -0.4 is 4.90 Å². The van der Waals surface area contributed by atoms with Crippen LogP contribution in [-0.2, 0) is 16.1 Å². The predicted octanol–water partition coefficient (Wildman–Crippen LogP) is 2.74. The Bertz CT molecular complexity index is 1050. The fraction of sp³-hybridized carbons (Fsp3) is 0.150. The van der Waals surface area contributed by atoms with Gasteiger partial charge in [0.05, 0.1) is 17.5 Å². The Morgan fingerprint density at radius 2 is 1.64 bits per heavy atom. The van der Waals surface area contributed by atoms with E-state index >= 15 is 0 Å². The molecule has 2 amide bonds. The van der Waals surface area contributed by atoms with Gasteiger partial charge in [-0.05, 0) is 18.2 Å². The van der Waals surface area contributed by atoms with Crippen LogP contribution in [0.1, 0.15) is 22.0 Å². The molecule has 0 bridgehead atoms. The molecule has 2 aliphatic rings. The zero-order valence-electron chi connectivity index (χ0n) is 13.3. The van der Waals surface area contributed by atoms with Crippen molar-refractivity contribution in [1.29, 1.82) is 0 Å². The number of amides is 2. The molecular formula is C20H14N2O3. The van der Waals surface area contributed by atoms with Gasteiger partial charge in [-0.3, -0.25) is 14.4 Å². The van der Waals surface area contributed by atoms with Crippen LogP contribution in [-0.4, -0.2) is 22.7 Å². The van der Waals surface area contributed by atoms with Crippen molar-refractivity contribution in [2.75, 3.05) is 4.90 Å². The summed E-state index contributed by atoms with van der Waals surface area (Å²) in [5.41, 5.74) is 2.69. The molecule has 5 nitrogen and oxygen atoms in total. The molecule has 3 aromatic rings. The van der Waals surface area contributed by atoms with Crippen molar-refractivity contribution >= 4 is 34.7 Å². The van der Waals surface area contributed by atoms with E-state index in [9.17, 15) is 14.4 Å². The molecule has 0 radical (unpaired) electrons. The Labute approximate surface area is 143 Å². The van der Waals surface area contributed by atoms with E-state index in [2.05, 4.69) is 0 Å². The smallest absolute Gasteiger partial charge is 0.243 e. The van der Waals surface area contributed by atoms with Crippen molar-refractivity contribution in [3.05, 3.63) is 65.9 Å². The maximum absolute atomic E-state index is 13.1. The second-order valence-electron chi connectivity index (χ2n) is 6.48. The van der Waals surface area contributed by atoms with Crippen LogP contribution in [0.2, 0.25) is 0 Å². The molecule has 1 saturated heterocycles. The molecule has 2 atom stereocenters. The van der Waals surface area contributed by atoms with Gasteiger partial charge in [-0.2, -0.15) is 0 Å². The normalized spacial score (nSPS) is 21.7. The highest BCUT2D eigenvalue weighted by molar-refractivity contribution is 6.25. The van der Waals surface area contributed by atoms with E-state index in [-0.39, 0.29) is 11.8 Å². The summed E-state index contributed by atoms with van der Waals surface area (Å²) in [6.45, 7) is 0.433. The van der Waals surface area contributed by atoms with Crippen LogP contribution in [0.15, 0.2) is 54.6 Å². The Morgan fingerprint density at radius 1 is 0.920 bits per heavy atom. The maximum Gasteiger partial charge on any atom is 0.243 e. The van der Waals surface area contributed by atoms with Gasteiger partial charge in [0.15, 0.2) is 6.29 Å². The van der Waals surface area contributed by atoms with E-state index in [0.29, 0.717) is 23.5 Å². The number of fused-ring (bicyclic) bond motifs is 5. The number of imide groups is 1. The van der Waals surface area contributed by atoms with E-state index < -0.39 is 11.8 Å². The number of nitrogens with zero attached hydrogens (tertiary/aromatic N) is 2. The molecule has 1 aromatic heterocycles. The molecule has 2 aromatic carbocycles. The third kappa shape index (κ3) is 1.70. The van der Waals surface area contributed by atoms with E-state index in [1.54, 1.807) is 24.3 Å². The topological polar surface area (TPSA) is 59.4 Å². The first kappa shape index (κ1) is 14.2. The summed E-state index contributed by atoms with van der Waals surface area (Å²) in [5.74, 6) is -1.46. The number of anilines is 1. The summed E-state index contributed by atoms with van der Waals surface area (Å²) >= 11 is 0. The van der Waals surface area contributed by atoms with E-state index in [1.165, 1.54) is 4.90 Å². The summed E-state index contributed by atoms with van der Waals surface area (Å²) in [6, 6.07) is 16.6. The zero-order chi connectivity index (χ0) is 17.1. The quantitative estimate of drug-likeness (QED) is 0.536. The van der Waals surface area contributed by atoms with E-state index in [0.717, 1.165) is 17.2 Å². The van der Waals surface area contributed by atoms with Crippen LogP contribution in [0.5, 0.6) is 0 Å². The van der Waals surface area contributed by atoms with Gasteiger partial charge in [0, 0.05) is 28.7 Å². The molecular weight excluding hydrogens is 316 g/mol. The highest BCUT2D eigenvalue weighted by atomic mass is 16.2. The summed E-state index contributed by atoms with van der Waals surface area (Å²) in [5, 5.41) is 0.837. The molecule has 0 saturated carbocycles. The van der Waals surface area contributed by atoms with Crippen molar-refractivity contribution in [2.45, 2.75) is 12.5 Å². The molecule has 1 fully saturated rings. The largest absolute Gasteiger partial charge is 0.342 e. The van der Waals surface area contributed by atoms with Gasteiger partial charge in [0.1, 0.15) is 0 Å². The SMILES string of the molecule is O=Cc1c2n(c3ccccc13)C[C@H]1C(=O)N(c3ccccc3)C(=O)[C@@H]21. The second-order valence-corrected chi connectivity index (χ2v) is 6.48. The Hall–Kier alpha value is -3.21. The summed E-state index contributed by atoms with van der Waals surface area (Å²) in [6.07, 6.45) is 0.805. The Morgan fingerprint density at radius 3 is 2.40 bits per heavy atom. The first-order valence-electron chi connectivity index (χ1n) is 8.21. The molecule has 0 spiro atoms. The van der Waals surface area contributed by atoms with Crippen LogP contribution in [0.3, 0.4) is 0 Å². The van der Waals surface area contributed by atoms with Gasteiger partial charge >= 0.3 is 0 Å². The number of carbonyl (C=O) groups is 3. The minimum atomic E-state index is -0.583. The molecule has 3 heterocycles. The third-order valence-corrected chi connectivity index (χ3v) is 5.28. The minimum Gasteiger partial charge on any atom is -0.342 e. The number of hydrogen-bond acceptors (Lipinski definition) is 3. The molecule has 25 heavy (non-hydrogen) atoms. The van der Waals surface area contributed by atoms with Crippen molar-refractivity contribution in [2.24, 2.45) is 5.92 Å². The van der Waals surface area contributed by atoms with Gasteiger partial charge in [-0.25, -0.2) is 4.90 Å². The molecule has 0 aliphatic carbocycles. The fourth-order valence-corrected chi connectivity index (χ4v) is 4.25. The van der Waals surface area contributed by atoms with Crippen LogP contribution in [0.25, 0.3) is 10.9 Å². The standard InChI is InChI=1S/C20H14N2O3/c23-11-15-13-8-4-5-9-16(13)21-10-14-17(18(15)21)20(25)22(19(14)24)12-6-2-1-3-7-12/h1-9,11,14,17H,10H2/t14-,17-/m1/s1. The molecule has 5 rings (SSSR count). The van der Waals surface area contributed by atoms with E-state index in [1.807, 2.05) is 34.9 Å². The third-order valence-electron chi connectivity index (χ3n) is 5.28. The number of carbonyl (C=O) groups excluding carboxylic acids is 3. The van der Waals surface area contributed by atoms with Gasteiger partial charge in [-0.1, -0.05) is 36.4 Å². The van der Waals surface area contributed by atoms with E-state index in [4.69, 9.17) is 0 Å². The fourth-order valence-electron chi connectivity index (χ4n) is 4.25. The predicted molar refractivity (Wildman–Crippen MR) is 92.5 cm³/mol. The number of aromatic nitrogens is 1. The number of benzene rings is 2. The lowest BCUT2D eigenvalue weighted by Crippen LogP contribution is -2.32. The van der Waals surface area contributed by atoms with Gasteiger partial charge in [-0.15, -0.1) is 0 Å². The Balaban J connectivity index is 1.70. The van der Waals surface area contributed by atoms with Crippen LogP contribution in [0.4, 0.5) is 5.69 Å². The van der Waals surface area contributed by atoms with Crippen molar-refractivity contribution in [3.63, 3.8) is 0 Å². The number of aldehydes is 1.